The highest BCUT2D eigenvalue weighted by Gasteiger charge is 2.53. The largest absolute Gasteiger partial charge is 0.389 e. The van der Waals surface area contributed by atoms with E-state index in [9.17, 15) is 10.2 Å². The van der Waals surface area contributed by atoms with Crippen molar-refractivity contribution in [3.8, 4) is 0 Å². The zero-order chi connectivity index (χ0) is 8.72. The number of nitrogens with one attached hydrogen (secondary N) is 2. The minimum absolute atomic E-state index is 0.0539. The molecule has 0 aliphatic carbocycles. The van der Waals surface area contributed by atoms with Crippen LogP contribution in [0.3, 0.4) is 0 Å². The van der Waals surface area contributed by atoms with Crippen molar-refractivity contribution in [2.75, 3.05) is 13.6 Å². The molecule has 2 aliphatic heterocycles. The molecule has 2 saturated heterocycles. The van der Waals surface area contributed by atoms with Crippen LogP contribution in [-0.4, -0.2) is 54.4 Å². The SMILES string of the molecule is CNCC1OC2NC2C(O)C1O. The third kappa shape index (κ3) is 1.23. The van der Waals surface area contributed by atoms with Gasteiger partial charge < -0.3 is 20.3 Å². The van der Waals surface area contributed by atoms with Crippen LogP contribution in [0.5, 0.6) is 0 Å². The van der Waals surface area contributed by atoms with Gasteiger partial charge >= 0.3 is 0 Å². The molecule has 0 aromatic heterocycles. The third-order valence-corrected chi connectivity index (χ3v) is 2.40. The average molecular weight is 174 g/mol. The van der Waals surface area contributed by atoms with Gasteiger partial charge in [0.2, 0.25) is 0 Å². The molecule has 2 fully saturated rings. The fourth-order valence-corrected chi connectivity index (χ4v) is 1.61. The Morgan fingerprint density at radius 3 is 2.83 bits per heavy atom. The Kier molecular flexibility index (Phi) is 2.05. The third-order valence-electron chi connectivity index (χ3n) is 2.40. The maximum atomic E-state index is 9.51. The van der Waals surface area contributed by atoms with Crippen LogP contribution >= 0.6 is 0 Å². The molecule has 5 nitrogen and oxygen atoms in total. The minimum atomic E-state index is -0.784. The molecule has 2 rings (SSSR count). The van der Waals surface area contributed by atoms with Crippen LogP contribution in [0.4, 0.5) is 0 Å². The molecular formula is C7H14N2O3. The van der Waals surface area contributed by atoms with Gasteiger partial charge in [-0.05, 0) is 7.05 Å². The zero-order valence-electron chi connectivity index (χ0n) is 6.90. The minimum Gasteiger partial charge on any atom is -0.389 e. The average Bonchev–Trinajstić information content (AvgIpc) is 2.79. The number of likely N-dealkylation sites (N-methyl/N-ethyl adjacent to an activating group) is 1. The number of hydrogen-bond acceptors (Lipinski definition) is 5. The van der Waals surface area contributed by atoms with Crippen molar-refractivity contribution in [2.45, 2.75) is 30.6 Å². The first-order valence-corrected chi connectivity index (χ1v) is 4.16. The van der Waals surface area contributed by atoms with Crippen molar-refractivity contribution in [3.05, 3.63) is 0 Å². The lowest BCUT2D eigenvalue weighted by atomic mass is 10.0. The first-order chi connectivity index (χ1) is 5.74. The summed E-state index contributed by atoms with van der Waals surface area (Å²) >= 11 is 0. The highest BCUT2D eigenvalue weighted by atomic mass is 16.5. The van der Waals surface area contributed by atoms with Crippen molar-refractivity contribution >= 4 is 0 Å². The predicted molar refractivity (Wildman–Crippen MR) is 41.5 cm³/mol. The Balaban J connectivity index is 1.96. The summed E-state index contributed by atoms with van der Waals surface area (Å²) in [6.07, 6.45) is -1.83. The fourth-order valence-electron chi connectivity index (χ4n) is 1.61. The van der Waals surface area contributed by atoms with Gasteiger partial charge in [-0.2, -0.15) is 0 Å². The lowest BCUT2D eigenvalue weighted by molar-refractivity contribution is -0.125. The van der Waals surface area contributed by atoms with Gasteiger partial charge in [0.1, 0.15) is 24.5 Å². The molecule has 0 amide bonds. The molecule has 0 aromatic carbocycles. The summed E-state index contributed by atoms with van der Waals surface area (Å²) in [5, 5.41) is 24.8. The van der Waals surface area contributed by atoms with Crippen LogP contribution in [0.15, 0.2) is 0 Å². The van der Waals surface area contributed by atoms with Gasteiger partial charge in [-0.3, -0.25) is 5.32 Å². The monoisotopic (exact) mass is 174 g/mol. The molecule has 2 aliphatic rings. The molecule has 0 bridgehead atoms. The molecule has 5 atom stereocenters. The Bertz CT molecular complexity index is 178. The van der Waals surface area contributed by atoms with Gasteiger partial charge in [0.05, 0.1) is 6.04 Å². The quantitative estimate of drug-likeness (QED) is 0.351. The second-order valence-corrected chi connectivity index (χ2v) is 3.33. The Labute approximate surface area is 70.7 Å². The van der Waals surface area contributed by atoms with E-state index < -0.39 is 12.2 Å². The van der Waals surface area contributed by atoms with Gasteiger partial charge in [-0.15, -0.1) is 0 Å². The highest BCUT2D eigenvalue weighted by Crippen LogP contribution is 2.28. The zero-order valence-corrected chi connectivity index (χ0v) is 6.90. The number of aliphatic hydroxyl groups excluding tert-OH is 2. The summed E-state index contributed by atoms with van der Waals surface area (Å²) in [5.74, 6) is 0. The van der Waals surface area contributed by atoms with Crippen molar-refractivity contribution in [2.24, 2.45) is 0 Å². The van der Waals surface area contributed by atoms with E-state index in [0.29, 0.717) is 6.54 Å². The molecule has 0 saturated carbocycles. The summed E-state index contributed by atoms with van der Waals surface area (Å²) in [7, 11) is 1.79. The second kappa shape index (κ2) is 2.93. The first kappa shape index (κ1) is 8.40. The standard InChI is InChI=1S/C7H14N2O3/c1-8-2-3-5(10)6(11)4-7(9-4)12-3/h3-11H,2H2,1H3. The molecule has 0 spiro atoms. The number of rotatable bonds is 2. The Morgan fingerprint density at radius 1 is 1.42 bits per heavy atom. The van der Waals surface area contributed by atoms with Crippen molar-refractivity contribution in [1.82, 2.24) is 10.6 Å². The van der Waals surface area contributed by atoms with E-state index in [1.807, 2.05) is 0 Å². The molecule has 5 heteroatoms. The van der Waals surface area contributed by atoms with Crippen LogP contribution < -0.4 is 10.6 Å². The van der Waals surface area contributed by atoms with Crippen molar-refractivity contribution < 1.29 is 14.9 Å². The summed E-state index contributed by atoms with van der Waals surface area (Å²) in [4.78, 5) is 0. The molecule has 4 N–H and O–H groups in total. The van der Waals surface area contributed by atoms with Crippen molar-refractivity contribution in [1.29, 1.82) is 0 Å². The Morgan fingerprint density at radius 2 is 2.17 bits per heavy atom. The predicted octanol–water partition coefficient (Wildman–Crippen LogP) is -2.38. The maximum Gasteiger partial charge on any atom is 0.127 e. The van der Waals surface area contributed by atoms with Crippen LogP contribution in [0.2, 0.25) is 0 Å². The van der Waals surface area contributed by atoms with Gasteiger partial charge in [0.25, 0.3) is 0 Å². The van der Waals surface area contributed by atoms with Crippen LogP contribution in [-0.2, 0) is 4.74 Å². The molecule has 5 unspecified atom stereocenters. The van der Waals surface area contributed by atoms with Crippen LogP contribution in [0.1, 0.15) is 0 Å². The molecule has 70 valence electrons. The lowest BCUT2D eigenvalue weighted by Crippen LogP contribution is -2.50. The summed E-state index contributed by atoms with van der Waals surface area (Å²) in [6, 6.07) is -0.0619. The molecule has 2 heterocycles. The number of ether oxygens (including phenoxy) is 1. The summed E-state index contributed by atoms with van der Waals surface area (Å²) in [5.41, 5.74) is 0. The van der Waals surface area contributed by atoms with Gasteiger partial charge in [-0.1, -0.05) is 0 Å². The van der Waals surface area contributed by atoms with Gasteiger partial charge in [-0.25, -0.2) is 0 Å². The second-order valence-electron chi connectivity index (χ2n) is 3.33. The maximum absolute atomic E-state index is 9.51. The first-order valence-electron chi connectivity index (χ1n) is 4.16. The van der Waals surface area contributed by atoms with Crippen molar-refractivity contribution in [3.63, 3.8) is 0 Å². The van der Waals surface area contributed by atoms with Crippen LogP contribution in [0, 0.1) is 0 Å². The fraction of sp³-hybridized carbons (Fsp3) is 1.00. The molecule has 0 radical (unpaired) electrons. The van der Waals surface area contributed by atoms with E-state index in [1.165, 1.54) is 0 Å². The van der Waals surface area contributed by atoms with Crippen LogP contribution in [0.25, 0.3) is 0 Å². The van der Waals surface area contributed by atoms with E-state index in [-0.39, 0.29) is 18.4 Å². The normalized spacial score (nSPS) is 51.8. The van der Waals surface area contributed by atoms with Gasteiger partial charge in [0.15, 0.2) is 0 Å². The summed E-state index contributed by atoms with van der Waals surface area (Å²) < 4.78 is 5.40. The lowest BCUT2D eigenvalue weighted by Gasteiger charge is -2.29. The highest BCUT2D eigenvalue weighted by molar-refractivity contribution is 5.05. The van der Waals surface area contributed by atoms with E-state index in [1.54, 1.807) is 7.05 Å². The molecule has 12 heavy (non-hydrogen) atoms. The molecular weight excluding hydrogens is 160 g/mol. The number of hydrogen-bond donors (Lipinski definition) is 4. The number of fused-ring (bicyclic) bond motifs is 1. The topological polar surface area (TPSA) is 83.7 Å². The van der Waals surface area contributed by atoms with E-state index in [4.69, 9.17) is 4.74 Å². The Hall–Kier alpha value is -0.200. The number of aliphatic hydroxyl groups is 2. The smallest absolute Gasteiger partial charge is 0.127 e. The molecule has 0 aromatic rings. The summed E-state index contributed by atoms with van der Waals surface area (Å²) in [6.45, 7) is 0.559. The van der Waals surface area contributed by atoms with E-state index in [2.05, 4.69) is 10.6 Å². The van der Waals surface area contributed by atoms with E-state index in [0.717, 1.165) is 0 Å². The van der Waals surface area contributed by atoms with Gasteiger partial charge in [0, 0.05) is 6.54 Å². The van der Waals surface area contributed by atoms with E-state index >= 15 is 0 Å².